The standard InChI is InChI=1S/C18H15N3O8/c1-2-29-15(22)4-3-5-19-17(23)13-8-11(20(25)26)6-10-7-12(21(27)28)9-14(16(10)13)18(19)24/h6-9H,2-5H2,1H3. The van der Waals surface area contributed by atoms with Gasteiger partial charge in [0.1, 0.15) is 0 Å². The van der Waals surface area contributed by atoms with Crippen molar-refractivity contribution in [1.29, 1.82) is 0 Å². The van der Waals surface area contributed by atoms with Crippen LogP contribution in [0.3, 0.4) is 0 Å². The number of nitro benzene ring substituents is 2. The number of amides is 2. The molecule has 0 fully saturated rings. The van der Waals surface area contributed by atoms with E-state index in [1.807, 2.05) is 0 Å². The van der Waals surface area contributed by atoms with Crippen LogP contribution in [0.5, 0.6) is 0 Å². The van der Waals surface area contributed by atoms with Gasteiger partial charge in [0.15, 0.2) is 0 Å². The third-order valence-corrected chi connectivity index (χ3v) is 4.46. The van der Waals surface area contributed by atoms with Gasteiger partial charge in [0.05, 0.1) is 27.6 Å². The van der Waals surface area contributed by atoms with Crippen molar-refractivity contribution in [3.05, 3.63) is 55.6 Å². The minimum absolute atomic E-state index is 0.0307. The summed E-state index contributed by atoms with van der Waals surface area (Å²) in [6.07, 6.45) is 0.0929. The number of carbonyl (C=O) groups is 3. The van der Waals surface area contributed by atoms with Crippen LogP contribution in [-0.2, 0) is 9.53 Å². The summed E-state index contributed by atoms with van der Waals surface area (Å²) in [6.45, 7) is 1.71. The fraction of sp³-hybridized carbons (Fsp3) is 0.278. The van der Waals surface area contributed by atoms with Gasteiger partial charge in [0, 0.05) is 42.6 Å². The molecule has 0 N–H and O–H groups in total. The van der Waals surface area contributed by atoms with E-state index in [0.29, 0.717) is 0 Å². The van der Waals surface area contributed by atoms with Crippen LogP contribution in [0.1, 0.15) is 40.5 Å². The fourth-order valence-corrected chi connectivity index (χ4v) is 3.23. The van der Waals surface area contributed by atoms with Crippen LogP contribution >= 0.6 is 0 Å². The van der Waals surface area contributed by atoms with Gasteiger partial charge in [-0.15, -0.1) is 0 Å². The molecular formula is C18H15N3O8. The first-order valence-electron chi connectivity index (χ1n) is 8.67. The van der Waals surface area contributed by atoms with E-state index >= 15 is 0 Å². The highest BCUT2D eigenvalue weighted by Gasteiger charge is 2.35. The molecule has 0 aliphatic carbocycles. The molecule has 0 radical (unpaired) electrons. The summed E-state index contributed by atoms with van der Waals surface area (Å²) < 4.78 is 4.79. The number of nitrogens with zero attached hydrogens (tertiary/aromatic N) is 3. The third-order valence-electron chi connectivity index (χ3n) is 4.46. The van der Waals surface area contributed by atoms with Gasteiger partial charge in [-0.25, -0.2) is 0 Å². The number of rotatable bonds is 7. The first kappa shape index (κ1) is 19.9. The lowest BCUT2D eigenvalue weighted by Gasteiger charge is -2.26. The van der Waals surface area contributed by atoms with Crippen LogP contribution < -0.4 is 0 Å². The predicted octanol–water partition coefficient (Wildman–Crippen LogP) is 2.60. The van der Waals surface area contributed by atoms with Crippen molar-refractivity contribution in [1.82, 2.24) is 4.90 Å². The van der Waals surface area contributed by atoms with Crippen molar-refractivity contribution in [2.45, 2.75) is 19.8 Å². The van der Waals surface area contributed by atoms with Crippen molar-refractivity contribution in [3.63, 3.8) is 0 Å². The summed E-state index contributed by atoms with van der Waals surface area (Å²) in [5, 5.41) is 22.6. The molecule has 2 aromatic rings. The van der Waals surface area contributed by atoms with Gasteiger partial charge < -0.3 is 4.74 Å². The Labute approximate surface area is 163 Å². The maximum Gasteiger partial charge on any atom is 0.305 e. The number of hydrogen-bond donors (Lipinski definition) is 0. The van der Waals surface area contributed by atoms with E-state index in [1.54, 1.807) is 6.92 Å². The molecule has 1 heterocycles. The monoisotopic (exact) mass is 401 g/mol. The molecule has 1 aliphatic heterocycles. The van der Waals surface area contributed by atoms with Gasteiger partial charge in [0.25, 0.3) is 23.2 Å². The van der Waals surface area contributed by atoms with Gasteiger partial charge in [0.2, 0.25) is 0 Å². The number of non-ortho nitro benzene ring substituents is 2. The van der Waals surface area contributed by atoms with Crippen LogP contribution in [0.25, 0.3) is 10.8 Å². The molecule has 0 bridgehead atoms. The summed E-state index contributed by atoms with van der Waals surface area (Å²) in [6, 6.07) is 4.27. The van der Waals surface area contributed by atoms with Gasteiger partial charge in [-0.1, -0.05) is 0 Å². The molecule has 150 valence electrons. The maximum absolute atomic E-state index is 12.8. The Balaban J connectivity index is 2.07. The molecule has 0 atom stereocenters. The molecule has 1 aliphatic rings. The summed E-state index contributed by atoms with van der Waals surface area (Å²) in [4.78, 5) is 59.0. The van der Waals surface area contributed by atoms with E-state index in [-0.39, 0.29) is 47.9 Å². The number of ether oxygens (including phenoxy) is 1. The van der Waals surface area contributed by atoms with Crippen LogP contribution in [0.4, 0.5) is 11.4 Å². The minimum atomic E-state index is -0.756. The largest absolute Gasteiger partial charge is 0.466 e. The molecule has 0 unspecified atom stereocenters. The second kappa shape index (κ2) is 7.62. The lowest BCUT2D eigenvalue weighted by atomic mass is 9.92. The van der Waals surface area contributed by atoms with Crippen molar-refractivity contribution in [2.24, 2.45) is 0 Å². The predicted molar refractivity (Wildman–Crippen MR) is 98.5 cm³/mol. The first-order valence-corrected chi connectivity index (χ1v) is 8.67. The van der Waals surface area contributed by atoms with Crippen LogP contribution in [0, 0.1) is 20.2 Å². The molecular weight excluding hydrogens is 386 g/mol. The Morgan fingerprint density at radius 2 is 1.52 bits per heavy atom. The quantitative estimate of drug-likeness (QED) is 0.297. The molecule has 0 aromatic heterocycles. The van der Waals surface area contributed by atoms with Crippen LogP contribution in [0.2, 0.25) is 0 Å². The van der Waals surface area contributed by atoms with E-state index in [1.165, 1.54) is 0 Å². The number of esters is 1. The first-order chi connectivity index (χ1) is 13.7. The average Bonchev–Trinajstić information content (AvgIpc) is 2.67. The van der Waals surface area contributed by atoms with Crippen LogP contribution in [0.15, 0.2) is 24.3 Å². The molecule has 2 amide bonds. The number of nitro groups is 2. The molecule has 2 aromatic carbocycles. The zero-order valence-corrected chi connectivity index (χ0v) is 15.2. The molecule has 0 saturated heterocycles. The third kappa shape index (κ3) is 3.61. The van der Waals surface area contributed by atoms with Gasteiger partial charge >= 0.3 is 5.97 Å². The second-order valence-corrected chi connectivity index (χ2v) is 6.27. The fourth-order valence-electron chi connectivity index (χ4n) is 3.23. The molecule has 11 heteroatoms. The van der Waals surface area contributed by atoms with Crippen molar-refractivity contribution >= 4 is 39.9 Å². The van der Waals surface area contributed by atoms with E-state index in [9.17, 15) is 34.6 Å². The van der Waals surface area contributed by atoms with Gasteiger partial charge in [-0.2, -0.15) is 0 Å². The molecule has 11 nitrogen and oxygen atoms in total. The highest BCUT2D eigenvalue weighted by Crippen LogP contribution is 2.36. The topological polar surface area (TPSA) is 150 Å². The molecule has 0 saturated carbocycles. The zero-order chi connectivity index (χ0) is 21.3. The van der Waals surface area contributed by atoms with Crippen molar-refractivity contribution < 1.29 is 29.0 Å². The number of carbonyl (C=O) groups excluding carboxylic acids is 3. The molecule has 3 rings (SSSR count). The van der Waals surface area contributed by atoms with E-state index in [0.717, 1.165) is 29.2 Å². The smallest absolute Gasteiger partial charge is 0.305 e. The Bertz CT molecular complexity index is 1010. The Hall–Kier alpha value is -3.89. The Morgan fingerprint density at radius 3 is 1.97 bits per heavy atom. The van der Waals surface area contributed by atoms with Gasteiger partial charge in [-0.05, 0) is 18.7 Å². The summed E-state index contributed by atoms with van der Waals surface area (Å²) in [5.41, 5.74) is -1.02. The van der Waals surface area contributed by atoms with Crippen LogP contribution in [-0.4, -0.2) is 45.7 Å². The highest BCUT2D eigenvalue weighted by molar-refractivity contribution is 6.26. The number of benzene rings is 2. The van der Waals surface area contributed by atoms with E-state index in [2.05, 4.69) is 0 Å². The normalized spacial score (nSPS) is 12.9. The Kier molecular flexibility index (Phi) is 5.22. The van der Waals surface area contributed by atoms with Gasteiger partial charge in [-0.3, -0.25) is 39.5 Å². The minimum Gasteiger partial charge on any atom is -0.466 e. The average molecular weight is 401 g/mol. The molecule has 29 heavy (non-hydrogen) atoms. The lowest BCUT2D eigenvalue weighted by Crippen LogP contribution is -2.41. The van der Waals surface area contributed by atoms with E-state index in [4.69, 9.17) is 4.74 Å². The number of hydrogen-bond acceptors (Lipinski definition) is 8. The summed E-state index contributed by atoms with van der Waals surface area (Å²) in [5.74, 6) is -2.00. The second-order valence-electron chi connectivity index (χ2n) is 6.27. The van der Waals surface area contributed by atoms with Crippen molar-refractivity contribution in [3.8, 4) is 0 Å². The highest BCUT2D eigenvalue weighted by atomic mass is 16.6. The lowest BCUT2D eigenvalue weighted by molar-refractivity contribution is -0.385. The SMILES string of the molecule is CCOC(=O)CCCN1C(=O)c2cc([N+](=O)[O-])cc3cc([N+](=O)[O-])cc(c23)C1=O. The van der Waals surface area contributed by atoms with Crippen molar-refractivity contribution in [2.75, 3.05) is 13.2 Å². The number of imide groups is 1. The molecule has 0 spiro atoms. The summed E-state index contributed by atoms with van der Waals surface area (Å²) in [7, 11) is 0. The zero-order valence-electron chi connectivity index (χ0n) is 15.2. The Morgan fingerprint density at radius 1 is 1.00 bits per heavy atom. The summed E-state index contributed by atoms with van der Waals surface area (Å²) >= 11 is 0. The van der Waals surface area contributed by atoms with E-state index < -0.39 is 39.0 Å². The maximum atomic E-state index is 12.8.